The summed E-state index contributed by atoms with van der Waals surface area (Å²) in [5.41, 5.74) is 6.24. The molecule has 3 aromatic rings. The van der Waals surface area contributed by atoms with E-state index < -0.39 is 0 Å². The molecule has 32 heavy (non-hydrogen) atoms. The zero-order valence-electron chi connectivity index (χ0n) is 18.0. The molecule has 6 nitrogen and oxygen atoms in total. The molecule has 0 saturated carbocycles. The summed E-state index contributed by atoms with van der Waals surface area (Å²) >= 11 is 6.49. The van der Waals surface area contributed by atoms with Gasteiger partial charge in [0.25, 0.3) is 0 Å². The highest BCUT2D eigenvalue weighted by Crippen LogP contribution is 2.37. The van der Waals surface area contributed by atoms with Crippen LogP contribution in [0.25, 0.3) is 0 Å². The van der Waals surface area contributed by atoms with Crippen LogP contribution in [0.15, 0.2) is 65.8 Å². The van der Waals surface area contributed by atoms with Crippen LogP contribution in [0, 0.1) is 11.3 Å². The van der Waals surface area contributed by atoms with Crippen LogP contribution in [-0.4, -0.2) is 19.9 Å². The van der Waals surface area contributed by atoms with E-state index in [1.54, 1.807) is 31.5 Å². The van der Waals surface area contributed by atoms with Crippen molar-refractivity contribution in [1.29, 1.82) is 5.26 Å². The lowest BCUT2D eigenvalue weighted by Crippen LogP contribution is -2.07. The van der Waals surface area contributed by atoms with Crippen molar-refractivity contribution in [2.75, 3.05) is 13.7 Å². The van der Waals surface area contributed by atoms with E-state index in [-0.39, 0.29) is 6.61 Å². The predicted molar refractivity (Wildman–Crippen MR) is 126 cm³/mol. The number of rotatable bonds is 10. The van der Waals surface area contributed by atoms with Gasteiger partial charge in [0.1, 0.15) is 12.4 Å². The van der Waals surface area contributed by atoms with Crippen molar-refractivity contribution < 1.29 is 14.2 Å². The van der Waals surface area contributed by atoms with Crippen LogP contribution >= 0.6 is 11.6 Å². The van der Waals surface area contributed by atoms with Crippen molar-refractivity contribution in [2.24, 2.45) is 5.10 Å². The highest BCUT2D eigenvalue weighted by atomic mass is 35.5. The number of benzene rings is 3. The van der Waals surface area contributed by atoms with Gasteiger partial charge in [-0.15, -0.1) is 0 Å². The number of ether oxygens (including phenoxy) is 3. The van der Waals surface area contributed by atoms with E-state index in [1.165, 1.54) is 0 Å². The number of para-hydroxylation sites is 1. The van der Waals surface area contributed by atoms with Crippen LogP contribution in [0.1, 0.15) is 29.2 Å². The first kappa shape index (κ1) is 23.0. The molecule has 0 aliphatic heterocycles. The Kier molecular flexibility index (Phi) is 8.36. The second-order valence-electron chi connectivity index (χ2n) is 6.77. The van der Waals surface area contributed by atoms with Crippen molar-refractivity contribution >= 4 is 17.8 Å². The number of nitrogens with one attached hydrogen (secondary N) is 1. The maximum atomic E-state index is 9.06. The molecule has 0 atom stereocenters. The Morgan fingerprint density at radius 2 is 1.91 bits per heavy atom. The molecule has 3 rings (SSSR count). The molecular weight excluding hydrogens is 426 g/mol. The molecule has 0 aromatic heterocycles. The summed E-state index contributed by atoms with van der Waals surface area (Å²) in [4.78, 5) is 0. The zero-order chi connectivity index (χ0) is 22.8. The van der Waals surface area contributed by atoms with E-state index in [4.69, 9.17) is 31.1 Å². The highest BCUT2D eigenvalue weighted by Gasteiger charge is 2.13. The molecule has 0 radical (unpaired) electrons. The maximum absolute atomic E-state index is 9.06. The van der Waals surface area contributed by atoms with E-state index in [9.17, 15) is 0 Å². The second kappa shape index (κ2) is 11.6. The molecule has 0 unspecified atom stereocenters. The molecule has 1 N–H and O–H groups in total. The molecule has 0 saturated heterocycles. The lowest BCUT2D eigenvalue weighted by molar-refractivity contribution is 0.269. The number of nitrogens with zero attached hydrogens (tertiary/aromatic N) is 2. The van der Waals surface area contributed by atoms with Gasteiger partial charge in [0, 0.05) is 5.56 Å². The van der Waals surface area contributed by atoms with Gasteiger partial charge in [-0.2, -0.15) is 10.4 Å². The Bertz CT molecular complexity index is 1130. The third-order valence-corrected chi connectivity index (χ3v) is 4.82. The molecule has 0 fully saturated rings. The van der Waals surface area contributed by atoms with Gasteiger partial charge in [0.2, 0.25) is 0 Å². The third kappa shape index (κ3) is 6.16. The van der Waals surface area contributed by atoms with Crippen LogP contribution in [0.3, 0.4) is 0 Å². The minimum absolute atomic E-state index is 0.267. The first-order valence-electron chi connectivity index (χ1n) is 10.1. The normalized spacial score (nSPS) is 10.6. The van der Waals surface area contributed by atoms with Crippen molar-refractivity contribution in [3.05, 3.63) is 87.9 Å². The Morgan fingerprint density at radius 1 is 1.06 bits per heavy atom. The fourth-order valence-corrected chi connectivity index (χ4v) is 3.33. The Labute approximate surface area is 193 Å². The minimum atomic E-state index is 0.267. The number of hydrogen-bond donors (Lipinski definition) is 1. The Balaban J connectivity index is 1.70. The third-order valence-electron chi connectivity index (χ3n) is 4.54. The highest BCUT2D eigenvalue weighted by molar-refractivity contribution is 6.32. The fraction of sp³-hybridized carbons (Fsp3) is 0.200. The van der Waals surface area contributed by atoms with Crippen LogP contribution in [0.2, 0.25) is 5.02 Å². The van der Waals surface area contributed by atoms with Crippen LogP contribution in [0.5, 0.6) is 17.2 Å². The maximum Gasteiger partial charge on any atom is 0.180 e. The summed E-state index contributed by atoms with van der Waals surface area (Å²) in [6.07, 6.45) is 1.67. The zero-order valence-corrected chi connectivity index (χ0v) is 18.7. The summed E-state index contributed by atoms with van der Waals surface area (Å²) in [6.45, 7) is 3.14. The molecule has 0 heterocycles. The Morgan fingerprint density at radius 3 is 2.69 bits per heavy atom. The van der Waals surface area contributed by atoms with E-state index in [2.05, 4.69) is 16.6 Å². The first-order chi connectivity index (χ1) is 15.6. The summed E-state index contributed by atoms with van der Waals surface area (Å²) in [5.74, 6) is 1.79. The second-order valence-corrected chi connectivity index (χ2v) is 7.18. The topological polar surface area (TPSA) is 75.9 Å². The molecule has 0 spiro atoms. The molecule has 0 aliphatic rings. The van der Waals surface area contributed by atoms with Gasteiger partial charge >= 0.3 is 0 Å². The predicted octanol–water partition coefficient (Wildman–Crippen LogP) is 5.32. The summed E-state index contributed by atoms with van der Waals surface area (Å²) in [7, 11) is 1.64. The largest absolute Gasteiger partial charge is 0.496 e. The van der Waals surface area contributed by atoms with Crippen LogP contribution in [0.4, 0.5) is 0 Å². The first-order valence-corrected chi connectivity index (χ1v) is 10.5. The lowest BCUT2D eigenvalue weighted by atomic mass is 10.1. The minimum Gasteiger partial charge on any atom is -0.496 e. The average molecular weight is 450 g/mol. The van der Waals surface area contributed by atoms with Gasteiger partial charge in [-0.05, 0) is 48.4 Å². The molecule has 0 aliphatic carbocycles. The number of nitriles is 1. The van der Waals surface area contributed by atoms with E-state index in [0.717, 1.165) is 22.4 Å². The summed E-state index contributed by atoms with van der Waals surface area (Å²) < 4.78 is 17.0. The van der Waals surface area contributed by atoms with Gasteiger partial charge in [-0.1, -0.05) is 41.9 Å². The van der Waals surface area contributed by atoms with Gasteiger partial charge < -0.3 is 19.6 Å². The van der Waals surface area contributed by atoms with Gasteiger partial charge in [-0.3, -0.25) is 0 Å². The molecule has 0 amide bonds. The number of hydrazone groups is 1. The fourth-order valence-electron chi connectivity index (χ4n) is 3.05. The number of halogens is 1. The molecule has 7 heteroatoms. The Hall–Kier alpha value is -3.69. The van der Waals surface area contributed by atoms with Gasteiger partial charge in [-0.25, -0.2) is 0 Å². The van der Waals surface area contributed by atoms with E-state index in [0.29, 0.717) is 35.2 Å². The summed E-state index contributed by atoms with van der Waals surface area (Å²) in [5, 5.41) is 13.8. The molecular formula is C25H24ClN3O3. The van der Waals surface area contributed by atoms with E-state index >= 15 is 0 Å². The monoisotopic (exact) mass is 449 g/mol. The molecule has 3 aromatic carbocycles. The van der Waals surface area contributed by atoms with Gasteiger partial charge in [0.05, 0.1) is 43.1 Å². The van der Waals surface area contributed by atoms with E-state index in [1.807, 2.05) is 49.4 Å². The number of methoxy groups -OCH3 is 1. The average Bonchev–Trinajstić information content (AvgIpc) is 2.82. The number of hydrogen-bond acceptors (Lipinski definition) is 6. The molecule has 0 bridgehead atoms. The SMILES string of the molecule is CCOc1cc(/C=N\NCc2ccccc2OC)cc(Cl)c1OCc1cccc(C#N)c1. The van der Waals surface area contributed by atoms with Crippen LogP contribution < -0.4 is 19.6 Å². The standard InChI is InChI=1S/C25H24ClN3O3/c1-3-31-24-13-20(15-28-29-16-21-9-4-5-10-23(21)30-2)12-22(26)25(24)32-17-19-8-6-7-18(11-19)14-27/h4-13,15,29H,3,16-17H2,1-2H3/b28-15-. The van der Waals surface area contributed by atoms with Crippen molar-refractivity contribution in [1.82, 2.24) is 5.43 Å². The van der Waals surface area contributed by atoms with Gasteiger partial charge in [0.15, 0.2) is 11.5 Å². The van der Waals surface area contributed by atoms with Crippen molar-refractivity contribution in [2.45, 2.75) is 20.1 Å². The van der Waals surface area contributed by atoms with Crippen molar-refractivity contribution in [3.63, 3.8) is 0 Å². The van der Waals surface area contributed by atoms with Crippen molar-refractivity contribution in [3.8, 4) is 23.3 Å². The van der Waals surface area contributed by atoms with Crippen LogP contribution in [-0.2, 0) is 13.2 Å². The molecule has 164 valence electrons. The summed E-state index contributed by atoms with van der Waals surface area (Å²) in [6, 6.07) is 20.7. The lowest BCUT2D eigenvalue weighted by Gasteiger charge is -2.14. The smallest absolute Gasteiger partial charge is 0.180 e. The quantitative estimate of drug-likeness (QED) is 0.335.